The summed E-state index contributed by atoms with van der Waals surface area (Å²) in [4.78, 5) is 0. The third-order valence-electron chi connectivity index (χ3n) is 4.24. The number of aryl methyl sites for hydroxylation is 1. The van der Waals surface area contributed by atoms with Crippen LogP contribution in [-0.4, -0.2) is 17.5 Å². The van der Waals surface area contributed by atoms with Gasteiger partial charge in [0.05, 0.1) is 0 Å². The van der Waals surface area contributed by atoms with E-state index in [4.69, 9.17) is 0 Å². The highest BCUT2D eigenvalue weighted by Crippen LogP contribution is 2.30. The highest BCUT2D eigenvalue weighted by atomic mass is 32.2. The second-order valence-electron chi connectivity index (χ2n) is 5.69. The molecular weight excluding hydrogens is 250 g/mol. The minimum absolute atomic E-state index is 0.466. The van der Waals surface area contributed by atoms with Crippen molar-refractivity contribution in [2.24, 2.45) is 0 Å². The van der Waals surface area contributed by atoms with E-state index < -0.39 is 0 Å². The number of rotatable bonds is 6. The van der Waals surface area contributed by atoms with Gasteiger partial charge >= 0.3 is 0 Å². The quantitative estimate of drug-likeness (QED) is 0.817. The molecule has 0 amide bonds. The van der Waals surface area contributed by atoms with Crippen molar-refractivity contribution in [1.29, 1.82) is 0 Å². The maximum atomic E-state index is 3.83. The highest BCUT2D eigenvalue weighted by Gasteiger charge is 2.27. The van der Waals surface area contributed by atoms with Crippen molar-refractivity contribution in [3.05, 3.63) is 35.4 Å². The number of nitrogens with one attached hydrogen (secondary N) is 1. The second-order valence-corrected chi connectivity index (χ2v) is 6.77. The van der Waals surface area contributed by atoms with Crippen LogP contribution in [0.25, 0.3) is 0 Å². The van der Waals surface area contributed by atoms with Crippen LogP contribution in [0.15, 0.2) is 24.3 Å². The molecule has 3 atom stereocenters. The van der Waals surface area contributed by atoms with Crippen molar-refractivity contribution in [3.63, 3.8) is 0 Å². The van der Waals surface area contributed by atoms with Crippen molar-refractivity contribution >= 4 is 11.8 Å². The van der Waals surface area contributed by atoms with Gasteiger partial charge in [0.2, 0.25) is 0 Å². The molecule has 1 fully saturated rings. The SMILES string of the molecule is CCCc1ccc(C(C)NC2CCCC2SC)cc1. The Bertz CT molecular complexity index is 373. The Morgan fingerprint density at radius 1 is 1.26 bits per heavy atom. The number of hydrogen-bond donors (Lipinski definition) is 1. The number of hydrogen-bond acceptors (Lipinski definition) is 2. The fraction of sp³-hybridized carbons (Fsp3) is 0.647. The van der Waals surface area contributed by atoms with Gasteiger partial charge in [0.1, 0.15) is 0 Å². The first-order chi connectivity index (χ1) is 9.24. The third kappa shape index (κ3) is 4.00. The minimum Gasteiger partial charge on any atom is -0.306 e. The fourth-order valence-corrected chi connectivity index (χ4v) is 4.02. The monoisotopic (exact) mass is 277 g/mol. The largest absolute Gasteiger partial charge is 0.306 e. The standard InChI is InChI=1S/C17H27NS/c1-4-6-14-9-11-15(12-10-14)13(2)18-16-7-5-8-17(16)19-3/h9-13,16-18H,4-8H2,1-3H3. The van der Waals surface area contributed by atoms with Crippen molar-refractivity contribution < 1.29 is 0 Å². The molecule has 0 aromatic heterocycles. The molecule has 0 radical (unpaired) electrons. The van der Waals surface area contributed by atoms with E-state index >= 15 is 0 Å². The predicted molar refractivity (Wildman–Crippen MR) is 86.9 cm³/mol. The van der Waals surface area contributed by atoms with Gasteiger partial charge in [0.15, 0.2) is 0 Å². The van der Waals surface area contributed by atoms with Gasteiger partial charge in [-0.05, 0) is 43.6 Å². The van der Waals surface area contributed by atoms with Gasteiger partial charge in [0.25, 0.3) is 0 Å². The van der Waals surface area contributed by atoms with Crippen LogP contribution in [0.3, 0.4) is 0 Å². The summed E-state index contributed by atoms with van der Waals surface area (Å²) in [6, 6.07) is 10.3. The van der Waals surface area contributed by atoms with Crippen LogP contribution in [0.2, 0.25) is 0 Å². The van der Waals surface area contributed by atoms with Crippen LogP contribution in [-0.2, 0) is 6.42 Å². The minimum atomic E-state index is 0.466. The molecule has 3 unspecified atom stereocenters. The van der Waals surface area contributed by atoms with Crippen molar-refractivity contribution in [2.75, 3.05) is 6.26 Å². The topological polar surface area (TPSA) is 12.0 Å². The summed E-state index contributed by atoms with van der Waals surface area (Å²) in [7, 11) is 0. The number of benzene rings is 1. The molecule has 1 nitrogen and oxygen atoms in total. The smallest absolute Gasteiger partial charge is 0.0294 e. The van der Waals surface area contributed by atoms with E-state index in [1.165, 1.54) is 43.2 Å². The van der Waals surface area contributed by atoms with Crippen LogP contribution in [0, 0.1) is 0 Å². The lowest BCUT2D eigenvalue weighted by Gasteiger charge is -2.24. The molecule has 0 spiro atoms. The molecule has 1 aromatic rings. The zero-order valence-electron chi connectivity index (χ0n) is 12.5. The summed E-state index contributed by atoms with van der Waals surface area (Å²) in [6.45, 7) is 4.53. The Kier molecular flexibility index (Phi) is 5.77. The van der Waals surface area contributed by atoms with E-state index in [9.17, 15) is 0 Å². The van der Waals surface area contributed by atoms with E-state index in [2.05, 4.69) is 49.7 Å². The maximum absolute atomic E-state index is 3.83. The molecule has 2 heteroatoms. The van der Waals surface area contributed by atoms with Gasteiger partial charge in [-0.15, -0.1) is 0 Å². The van der Waals surface area contributed by atoms with E-state index in [0.29, 0.717) is 12.1 Å². The Labute approximate surface area is 122 Å². The summed E-state index contributed by atoms with van der Waals surface area (Å²) in [6.07, 6.45) is 8.76. The summed E-state index contributed by atoms with van der Waals surface area (Å²) in [5.74, 6) is 0. The molecule has 1 aliphatic carbocycles. The molecule has 1 aliphatic rings. The average molecular weight is 277 g/mol. The average Bonchev–Trinajstić information content (AvgIpc) is 2.87. The molecule has 1 aromatic carbocycles. The molecular formula is C17H27NS. The Hall–Kier alpha value is -0.470. The van der Waals surface area contributed by atoms with Crippen LogP contribution in [0.1, 0.15) is 56.7 Å². The van der Waals surface area contributed by atoms with Gasteiger partial charge in [-0.25, -0.2) is 0 Å². The van der Waals surface area contributed by atoms with Crippen LogP contribution in [0.4, 0.5) is 0 Å². The molecule has 2 rings (SSSR count). The lowest BCUT2D eigenvalue weighted by molar-refractivity contribution is 0.467. The first kappa shape index (κ1) is 14.9. The molecule has 0 heterocycles. The lowest BCUT2D eigenvalue weighted by Crippen LogP contribution is -2.35. The predicted octanol–water partition coefficient (Wildman–Crippen LogP) is 4.57. The summed E-state index contributed by atoms with van der Waals surface area (Å²) < 4.78 is 0. The van der Waals surface area contributed by atoms with Gasteiger partial charge in [0, 0.05) is 17.3 Å². The first-order valence-electron chi connectivity index (χ1n) is 7.62. The van der Waals surface area contributed by atoms with Gasteiger partial charge < -0.3 is 5.32 Å². The van der Waals surface area contributed by atoms with Crippen LogP contribution in [0.5, 0.6) is 0 Å². The van der Waals surface area contributed by atoms with Crippen molar-refractivity contribution in [1.82, 2.24) is 5.32 Å². The van der Waals surface area contributed by atoms with Crippen molar-refractivity contribution in [3.8, 4) is 0 Å². The summed E-state index contributed by atoms with van der Waals surface area (Å²) in [5, 5.41) is 4.63. The zero-order chi connectivity index (χ0) is 13.7. The van der Waals surface area contributed by atoms with Gasteiger partial charge in [-0.1, -0.05) is 44.0 Å². The van der Waals surface area contributed by atoms with Crippen LogP contribution < -0.4 is 5.32 Å². The fourth-order valence-electron chi connectivity index (χ4n) is 3.08. The van der Waals surface area contributed by atoms with E-state index in [1.807, 2.05) is 11.8 Å². The summed E-state index contributed by atoms with van der Waals surface area (Å²) >= 11 is 2.02. The van der Waals surface area contributed by atoms with E-state index in [-0.39, 0.29) is 0 Å². The van der Waals surface area contributed by atoms with Gasteiger partial charge in [-0.2, -0.15) is 11.8 Å². The van der Waals surface area contributed by atoms with Crippen molar-refractivity contribution in [2.45, 2.75) is 63.3 Å². The molecule has 0 saturated heterocycles. The van der Waals surface area contributed by atoms with Crippen LogP contribution >= 0.6 is 11.8 Å². The molecule has 1 N–H and O–H groups in total. The normalized spacial score (nSPS) is 24.6. The number of thioether (sulfide) groups is 1. The first-order valence-corrected chi connectivity index (χ1v) is 8.91. The lowest BCUT2D eigenvalue weighted by atomic mass is 10.0. The Morgan fingerprint density at radius 3 is 2.63 bits per heavy atom. The molecule has 106 valence electrons. The summed E-state index contributed by atoms with van der Waals surface area (Å²) in [5.41, 5.74) is 2.88. The third-order valence-corrected chi connectivity index (χ3v) is 5.41. The van der Waals surface area contributed by atoms with E-state index in [1.54, 1.807) is 0 Å². The molecule has 0 aliphatic heterocycles. The molecule has 0 bridgehead atoms. The zero-order valence-corrected chi connectivity index (χ0v) is 13.3. The second kappa shape index (κ2) is 7.35. The maximum Gasteiger partial charge on any atom is 0.0294 e. The van der Waals surface area contributed by atoms with E-state index in [0.717, 1.165) is 5.25 Å². The Morgan fingerprint density at radius 2 is 2.00 bits per heavy atom. The molecule has 19 heavy (non-hydrogen) atoms. The molecule has 1 saturated carbocycles. The Balaban J connectivity index is 1.93. The highest BCUT2D eigenvalue weighted by molar-refractivity contribution is 7.99. The van der Waals surface area contributed by atoms with Gasteiger partial charge in [-0.3, -0.25) is 0 Å².